The SMILES string of the molecule is c1ccc(Op2[se]p3[se]p2[se]p3Oc2ccccc2)cc1. The molecule has 2 aromatic carbocycles. The third-order valence-corrected chi connectivity index (χ3v) is 109. The molecule has 2 nitrogen and oxygen atoms in total. The molecule has 0 aliphatic rings. The summed E-state index contributed by atoms with van der Waals surface area (Å²) in [6.07, 6.45) is -0.177. The van der Waals surface area contributed by atoms with E-state index in [9.17, 15) is 0 Å². The van der Waals surface area contributed by atoms with Crippen LogP contribution in [0.5, 0.6) is 11.5 Å². The van der Waals surface area contributed by atoms with Crippen LogP contribution in [0.2, 0.25) is 0 Å². The third-order valence-electron chi connectivity index (χ3n) is 2.54. The molecule has 0 aliphatic carbocycles. The molecule has 4 rings (SSSR count). The Balaban J connectivity index is 1.58. The van der Waals surface area contributed by atoms with E-state index in [0.717, 1.165) is 52.3 Å². The van der Waals surface area contributed by atoms with Crippen molar-refractivity contribution < 1.29 is 9.05 Å². The molecule has 2 heterocycles. The quantitative estimate of drug-likeness (QED) is 0.321. The van der Waals surface area contributed by atoms with Crippen molar-refractivity contribution in [3.05, 3.63) is 60.7 Å². The molecule has 0 spiro atoms. The molecule has 21 heavy (non-hydrogen) atoms. The third kappa shape index (κ3) is 3.66. The van der Waals surface area contributed by atoms with E-state index in [-0.39, 0.29) is 20.9 Å². The maximum absolute atomic E-state index is 6.33. The van der Waals surface area contributed by atoms with Crippen molar-refractivity contribution in [3.8, 4) is 11.5 Å². The zero-order chi connectivity index (χ0) is 14.1. The second kappa shape index (κ2) is 7.14. The van der Waals surface area contributed by atoms with Crippen molar-refractivity contribution in [2.45, 2.75) is 0 Å². The molecule has 2 aromatic heterocycles. The number of hydrogen-bond acceptors (Lipinski definition) is 2. The summed E-state index contributed by atoms with van der Waals surface area (Å²) >= 11 is 2.38. The Morgan fingerprint density at radius 3 is 1.38 bits per heavy atom. The summed E-state index contributed by atoms with van der Waals surface area (Å²) in [5, 5.41) is 0. The maximum atomic E-state index is 6.33. The first-order chi connectivity index (χ1) is 10.4. The summed E-state index contributed by atoms with van der Waals surface area (Å²) < 4.78 is 13.1. The van der Waals surface area contributed by atoms with Crippen molar-refractivity contribution >= 4 is 61.6 Å². The molecular weight excluding hydrogens is 537 g/mol. The van der Waals surface area contributed by atoms with Gasteiger partial charge in [-0.2, -0.15) is 0 Å². The molecule has 9 heteroatoms. The van der Waals surface area contributed by atoms with Crippen LogP contribution < -0.4 is 9.05 Å². The van der Waals surface area contributed by atoms with Crippen LogP contribution >= 0.6 is 20.9 Å². The van der Waals surface area contributed by atoms with Gasteiger partial charge >= 0.3 is 143 Å². The van der Waals surface area contributed by atoms with E-state index in [4.69, 9.17) is 9.05 Å². The number of hydrogen-bond donors (Lipinski definition) is 0. The molecular formula is C12H10O2P4Se3. The summed E-state index contributed by atoms with van der Waals surface area (Å²) in [5.41, 5.74) is 0. The Kier molecular flexibility index (Phi) is 5.21. The van der Waals surface area contributed by atoms with E-state index in [2.05, 4.69) is 60.7 Å². The fourth-order valence-electron chi connectivity index (χ4n) is 1.63. The average Bonchev–Trinajstić information content (AvgIpc) is 3.09. The van der Waals surface area contributed by atoms with E-state index in [1.807, 2.05) is 0 Å². The van der Waals surface area contributed by atoms with Gasteiger partial charge in [0.2, 0.25) is 0 Å². The standard InChI is InChI=1S/C12H10O2P4Se3/c1-3-7-11(8-4-1)13-15-17-20-16(18(19-15)21-17)14-12-9-5-2-6-10-12/h1-10H. The van der Waals surface area contributed by atoms with E-state index < -0.39 is 0 Å². The van der Waals surface area contributed by atoms with Crippen molar-refractivity contribution in [2.75, 3.05) is 0 Å². The molecule has 4 atom stereocenters. The van der Waals surface area contributed by atoms with Gasteiger partial charge < -0.3 is 0 Å². The fraction of sp³-hybridized carbons (Fsp3) is 0. The fourth-order valence-corrected chi connectivity index (χ4v) is 217. The summed E-state index contributed by atoms with van der Waals surface area (Å²) in [4.78, 5) is 0. The predicted molar refractivity (Wildman–Crippen MR) is 99.1 cm³/mol. The van der Waals surface area contributed by atoms with Gasteiger partial charge in [0.05, 0.1) is 0 Å². The van der Waals surface area contributed by atoms with Crippen LogP contribution in [0.3, 0.4) is 0 Å². The van der Waals surface area contributed by atoms with E-state index >= 15 is 0 Å². The average molecular weight is 547 g/mol. The second-order valence-corrected chi connectivity index (χ2v) is 53.4. The second-order valence-electron chi connectivity index (χ2n) is 4.00. The molecule has 0 N–H and O–H groups in total. The summed E-state index contributed by atoms with van der Waals surface area (Å²) in [6, 6.07) is 20.9. The summed E-state index contributed by atoms with van der Waals surface area (Å²) in [5.74, 6) is 2.19. The zero-order valence-electron chi connectivity index (χ0n) is 10.6. The topological polar surface area (TPSA) is 18.5 Å². The van der Waals surface area contributed by atoms with Crippen LogP contribution in [0.1, 0.15) is 0 Å². The van der Waals surface area contributed by atoms with Crippen LogP contribution in [0.25, 0.3) is 0 Å². The molecule has 2 bridgehead atoms. The molecule has 0 aliphatic heterocycles. The van der Waals surface area contributed by atoms with Gasteiger partial charge in [-0.1, -0.05) is 0 Å². The van der Waals surface area contributed by atoms with Gasteiger partial charge in [0.1, 0.15) is 0 Å². The Labute approximate surface area is 142 Å². The van der Waals surface area contributed by atoms with Crippen LogP contribution in [0.4, 0.5) is 0 Å². The molecule has 0 radical (unpaired) electrons. The number of benzene rings is 2. The predicted octanol–water partition coefficient (Wildman–Crippen LogP) is 5.36. The van der Waals surface area contributed by atoms with Gasteiger partial charge in [0.25, 0.3) is 0 Å². The van der Waals surface area contributed by atoms with Crippen molar-refractivity contribution in [1.29, 1.82) is 0 Å². The Hall–Kier alpha value is 0.798. The van der Waals surface area contributed by atoms with Gasteiger partial charge in [-0.05, 0) is 0 Å². The van der Waals surface area contributed by atoms with Crippen molar-refractivity contribution in [1.82, 2.24) is 0 Å². The van der Waals surface area contributed by atoms with Gasteiger partial charge in [-0.25, -0.2) is 0 Å². The first-order valence-electron chi connectivity index (χ1n) is 6.09. The first-order valence-corrected chi connectivity index (χ1v) is 26.0. The van der Waals surface area contributed by atoms with E-state index in [1.54, 1.807) is 0 Å². The molecule has 4 aromatic rings. The molecule has 0 fully saturated rings. The first kappa shape index (κ1) is 15.3. The summed E-state index contributed by atoms with van der Waals surface area (Å²) in [6.45, 7) is 0. The normalized spacial score (nSPS) is 14.3. The van der Waals surface area contributed by atoms with Gasteiger partial charge in [-0.15, -0.1) is 0 Å². The van der Waals surface area contributed by atoms with Crippen LogP contribution in [0.15, 0.2) is 60.7 Å². The van der Waals surface area contributed by atoms with Crippen LogP contribution in [0, 0.1) is 0 Å². The Morgan fingerprint density at radius 2 is 1.00 bits per heavy atom. The molecule has 0 amide bonds. The minimum absolute atomic E-state index is 0.0885. The molecule has 108 valence electrons. The Bertz CT molecular complexity index is 786. The monoisotopic (exact) mass is 550 g/mol. The van der Waals surface area contributed by atoms with Gasteiger partial charge in [0.15, 0.2) is 0 Å². The van der Waals surface area contributed by atoms with Crippen LogP contribution in [-0.2, 0) is 0 Å². The molecule has 4 unspecified atom stereocenters. The number of rotatable bonds is 4. The van der Waals surface area contributed by atoms with Crippen molar-refractivity contribution in [2.24, 2.45) is 0 Å². The number of fused-ring (bicyclic) bond motifs is 2. The molecule has 0 saturated carbocycles. The Morgan fingerprint density at radius 1 is 0.571 bits per heavy atom. The van der Waals surface area contributed by atoms with E-state index in [1.165, 1.54) is 0 Å². The van der Waals surface area contributed by atoms with Crippen molar-refractivity contribution in [3.63, 3.8) is 0 Å². The number of para-hydroxylation sites is 2. The van der Waals surface area contributed by atoms with E-state index in [0.29, 0.717) is 0 Å². The zero-order valence-corrected chi connectivity index (χ0v) is 19.3. The summed E-state index contributed by atoms with van der Waals surface area (Å²) in [7, 11) is 0. The minimum atomic E-state index is -0.0885. The van der Waals surface area contributed by atoms with Crippen LogP contribution in [-0.4, -0.2) is 40.8 Å². The molecule has 0 saturated heterocycles. The van der Waals surface area contributed by atoms with Gasteiger partial charge in [0, 0.05) is 0 Å². The van der Waals surface area contributed by atoms with Gasteiger partial charge in [-0.3, -0.25) is 0 Å².